The molecule has 0 aliphatic carbocycles. The number of hydrogen-bond acceptors (Lipinski definition) is 7. The lowest BCUT2D eigenvalue weighted by atomic mass is 10.0. The Morgan fingerprint density at radius 1 is 1.00 bits per heavy atom. The van der Waals surface area contributed by atoms with Crippen LogP contribution in [0.1, 0.15) is 31.9 Å². The fourth-order valence-electron chi connectivity index (χ4n) is 4.11. The monoisotopic (exact) mass is 611 g/mol. The number of rotatable bonds is 5. The third-order valence-electron chi connectivity index (χ3n) is 6.14. The molecule has 1 fully saturated rings. The van der Waals surface area contributed by atoms with E-state index in [4.69, 9.17) is 16.3 Å². The van der Waals surface area contributed by atoms with Crippen molar-refractivity contribution in [1.82, 2.24) is 14.9 Å². The molecule has 4 rings (SSSR count). The number of halogens is 4. The number of alkyl halides is 3. The first kappa shape index (κ1) is 30.4. The van der Waals surface area contributed by atoms with Gasteiger partial charge in [-0.1, -0.05) is 23.7 Å². The van der Waals surface area contributed by atoms with E-state index in [0.717, 1.165) is 12.1 Å². The molecule has 9 nitrogen and oxygen atoms in total. The second-order valence-electron chi connectivity index (χ2n) is 10.4. The van der Waals surface area contributed by atoms with E-state index in [1.54, 1.807) is 44.7 Å². The summed E-state index contributed by atoms with van der Waals surface area (Å²) < 4.78 is 74.1. The summed E-state index contributed by atoms with van der Waals surface area (Å²) in [4.78, 5) is 24.3. The number of carbonyl (C=O) groups is 1. The predicted octanol–water partition coefficient (Wildman–Crippen LogP) is 5.98. The number of pyridine rings is 2. The van der Waals surface area contributed by atoms with Crippen LogP contribution < -0.4 is 9.62 Å². The van der Waals surface area contributed by atoms with Crippen LogP contribution in [0, 0.1) is 6.92 Å². The van der Waals surface area contributed by atoms with Gasteiger partial charge in [-0.15, -0.1) is 0 Å². The number of sulfonamides is 1. The van der Waals surface area contributed by atoms with Crippen LogP contribution in [0.2, 0.25) is 5.02 Å². The Balaban J connectivity index is 1.53. The van der Waals surface area contributed by atoms with Gasteiger partial charge in [0.05, 0.1) is 16.3 Å². The van der Waals surface area contributed by atoms with Crippen molar-refractivity contribution in [2.24, 2.45) is 0 Å². The molecule has 220 valence electrons. The average molecular weight is 612 g/mol. The molecule has 1 aromatic carbocycles. The summed E-state index contributed by atoms with van der Waals surface area (Å²) in [6.45, 7) is 8.56. The first-order valence-corrected chi connectivity index (χ1v) is 14.5. The summed E-state index contributed by atoms with van der Waals surface area (Å²) in [5.74, 6) is 0.264. The van der Waals surface area contributed by atoms with Gasteiger partial charge in [-0.3, -0.25) is 4.72 Å². The smallest absolute Gasteiger partial charge is 0.416 e. The van der Waals surface area contributed by atoms with E-state index in [-0.39, 0.29) is 27.1 Å². The molecule has 0 saturated carbocycles. The number of hydrogen-bond donors (Lipinski definition) is 1. The number of benzene rings is 1. The molecule has 1 saturated heterocycles. The number of nitrogens with one attached hydrogen (secondary N) is 1. The van der Waals surface area contributed by atoms with Crippen molar-refractivity contribution in [1.29, 1.82) is 0 Å². The Kier molecular flexibility index (Phi) is 8.42. The lowest BCUT2D eigenvalue weighted by molar-refractivity contribution is -0.137. The molecule has 1 N–H and O–H groups in total. The lowest BCUT2D eigenvalue weighted by Gasteiger charge is -2.36. The van der Waals surface area contributed by atoms with Crippen LogP contribution >= 0.6 is 11.6 Å². The fourth-order valence-corrected chi connectivity index (χ4v) is 5.28. The molecule has 3 aromatic rings. The second-order valence-corrected chi connectivity index (χ2v) is 12.5. The molecule has 41 heavy (non-hydrogen) atoms. The van der Waals surface area contributed by atoms with Crippen molar-refractivity contribution in [3.8, 4) is 11.3 Å². The van der Waals surface area contributed by atoms with Crippen LogP contribution in [0.15, 0.2) is 53.6 Å². The SMILES string of the molecule is Cc1ccc(C(F)(F)F)cc1-c1nc(NS(=O)(=O)c2cccc(N3CCN(C(=O)OC(C)(C)C)CC3)n2)ccc1Cl. The summed E-state index contributed by atoms with van der Waals surface area (Å²) in [6.07, 6.45) is -4.99. The van der Waals surface area contributed by atoms with Crippen LogP contribution in [0.25, 0.3) is 11.3 Å². The number of nitrogens with zero attached hydrogens (tertiary/aromatic N) is 4. The number of carbonyl (C=O) groups excluding carboxylic acids is 1. The van der Waals surface area contributed by atoms with E-state index in [9.17, 15) is 26.4 Å². The van der Waals surface area contributed by atoms with Gasteiger partial charge >= 0.3 is 12.3 Å². The highest BCUT2D eigenvalue weighted by molar-refractivity contribution is 7.92. The van der Waals surface area contributed by atoms with Gasteiger partial charge in [0.1, 0.15) is 17.2 Å². The van der Waals surface area contributed by atoms with Gasteiger partial charge in [0.25, 0.3) is 10.0 Å². The van der Waals surface area contributed by atoms with Crippen molar-refractivity contribution >= 4 is 39.4 Å². The quantitative estimate of drug-likeness (QED) is 0.378. The first-order valence-electron chi connectivity index (χ1n) is 12.6. The third-order valence-corrected chi connectivity index (χ3v) is 7.71. The Labute approximate surface area is 241 Å². The highest BCUT2D eigenvalue weighted by Gasteiger charge is 2.31. The molecule has 0 radical (unpaired) electrons. The second kappa shape index (κ2) is 11.4. The molecule has 1 aliphatic heterocycles. The van der Waals surface area contributed by atoms with E-state index >= 15 is 0 Å². The van der Waals surface area contributed by atoms with Crippen LogP contribution in [0.5, 0.6) is 0 Å². The highest BCUT2D eigenvalue weighted by atomic mass is 35.5. The lowest BCUT2D eigenvalue weighted by Crippen LogP contribution is -2.50. The van der Waals surface area contributed by atoms with Crippen LogP contribution in [0.3, 0.4) is 0 Å². The van der Waals surface area contributed by atoms with Crippen molar-refractivity contribution < 1.29 is 31.1 Å². The zero-order chi connectivity index (χ0) is 30.2. The van der Waals surface area contributed by atoms with Crippen LogP contribution in [-0.4, -0.2) is 61.2 Å². The number of ether oxygens (including phenoxy) is 1. The fraction of sp³-hybridized carbons (Fsp3) is 0.370. The summed E-state index contributed by atoms with van der Waals surface area (Å²) >= 11 is 6.25. The topological polar surface area (TPSA) is 105 Å². The molecule has 1 aliphatic rings. The molecule has 2 aromatic heterocycles. The van der Waals surface area contributed by atoms with E-state index in [1.807, 2.05) is 4.90 Å². The van der Waals surface area contributed by atoms with Crippen molar-refractivity contribution in [2.75, 3.05) is 35.8 Å². The summed E-state index contributed by atoms with van der Waals surface area (Å²) in [5.41, 5.74) is -0.892. The molecule has 1 amide bonds. The minimum absolute atomic E-state index is 0.0000322. The van der Waals surface area contributed by atoms with Gasteiger partial charge in [0.15, 0.2) is 5.03 Å². The number of amides is 1. The zero-order valence-corrected chi connectivity index (χ0v) is 24.4. The molecular weight excluding hydrogens is 583 g/mol. The van der Waals surface area contributed by atoms with Gasteiger partial charge in [-0.05, 0) is 69.7 Å². The Morgan fingerprint density at radius 3 is 2.32 bits per heavy atom. The van der Waals surface area contributed by atoms with Gasteiger partial charge in [0.2, 0.25) is 0 Å². The number of piperazine rings is 1. The molecule has 0 unspecified atom stereocenters. The molecule has 0 bridgehead atoms. The number of anilines is 2. The van der Waals surface area contributed by atoms with Crippen LogP contribution in [-0.2, 0) is 20.9 Å². The number of aromatic nitrogens is 2. The molecule has 14 heteroatoms. The highest BCUT2D eigenvalue weighted by Crippen LogP contribution is 2.36. The maximum Gasteiger partial charge on any atom is 0.416 e. The molecule has 0 atom stereocenters. The predicted molar refractivity (Wildman–Crippen MR) is 149 cm³/mol. The Hall–Kier alpha value is -3.58. The van der Waals surface area contributed by atoms with E-state index < -0.39 is 33.5 Å². The normalized spacial score (nSPS) is 14.6. The third kappa shape index (κ3) is 7.39. The summed E-state index contributed by atoms with van der Waals surface area (Å²) in [5, 5.41) is -0.223. The van der Waals surface area contributed by atoms with Crippen molar-refractivity contribution in [2.45, 2.75) is 44.5 Å². The molecule has 0 spiro atoms. The average Bonchev–Trinajstić information content (AvgIpc) is 2.88. The first-order chi connectivity index (χ1) is 19.0. The van der Waals surface area contributed by atoms with Gasteiger partial charge in [-0.25, -0.2) is 14.8 Å². The summed E-state index contributed by atoms with van der Waals surface area (Å²) in [6, 6.07) is 10.4. The van der Waals surface area contributed by atoms with E-state index in [0.29, 0.717) is 37.6 Å². The minimum Gasteiger partial charge on any atom is -0.444 e. The standard InChI is InChI=1S/C27H29ClF3N5O4S/c1-17-8-9-18(27(29,30)31)16-19(17)24-20(28)10-11-21(32-24)34-41(38,39)23-7-5-6-22(33-23)35-12-14-36(15-13-35)25(37)40-26(2,3)4/h5-11,16H,12-15H2,1-4H3,(H,32,34). The van der Waals surface area contributed by atoms with Crippen molar-refractivity contribution in [3.05, 3.63) is 64.7 Å². The van der Waals surface area contributed by atoms with Gasteiger partial charge < -0.3 is 14.5 Å². The largest absolute Gasteiger partial charge is 0.444 e. The molecular formula is C27H29ClF3N5O4S. The van der Waals surface area contributed by atoms with Crippen molar-refractivity contribution in [3.63, 3.8) is 0 Å². The van der Waals surface area contributed by atoms with Crippen LogP contribution in [0.4, 0.5) is 29.6 Å². The molecule has 3 heterocycles. The van der Waals surface area contributed by atoms with E-state index in [1.165, 1.54) is 24.3 Å². The Bertz CT molecular complexity index is 1550. The van der Waals surface area contributed by atoms with Gasteiger partial charge in [0, 0.05) is 31.7 Å². The Morgan fingerprint density at radius 2 is 1.68 bits per heavy atom. The maximum absolute atomic E-state index is 13.3. The minimum atomic E-state index is -4.58. The maximum atomic E-state index is 13.3. The van der Waals surface area contributed by atoms with E-state index in [2.05, 4.69) is 14.7 Å². The van der Waals surface area contributed by atoms with Gasteiger partial charge in [-0.2, -0.15) is 21.6 Å². The number of aryl methyl sites for hydroxylation is 1. The zero-order valence-electron chi connectivity index (χ0n) is 22.8. The summed E-state index contributed by atoms with van der Waals surface area (Å²) in [7, 11) is -4.23.